The van der Waals surface area contributed by atoms with E-state index in [1.54, 1.807) is 23.1 Å². The first-order valence-electron chi connectivity index (χ1n) is 7.23. The summed E-state index contributed by atoms with van der Waals surface area (Å²) >= 11 is 1.45. The third kappa shape index (κ3) is 4.05. The molecule has 2 aromatic heterocycles. The number of rotatable bonds is 6. The van der Waals surface area contributed by atoms with Gasteiger partial charge in [0.1, 0.15) is 5.01 Å². The van der Waals surface area contributed by atoms with Crippen LogP contribution in [0.2, 0.25) is 0 Å². The maximum atomic E-state index is 12.3. The summed E-state index contributed by atoms with van der Waals surface area (Å²) in [6.45, 7) is 2.24. The quantitative estimate of drug-likeness (QED) is 0.688. The summed E-state index contributed by atoms with van der Waals surface area (Å²) in [6, 6.07) is 11.6. The zero-order valence-corrected chi connectivity index (χ0v) is 14.3. The van der Waals surface area contributed by atoms with Gasteiger partial charge in [0.15, 0.2) is 9.84 Å². The van der Waals surface area contributed by atoms with Crippen molar-refractivity contribution in [3.63, 3.8) is 0 Å². The third-order valence-electron chi connectivity index (χ3n) is 3.45. The van der Waals surface area contributed by atoms with Gasteiger partial charge in [-0.1, -0.05) is 30.3 Å². The maximum Gasteiger partial charge on any atom is 0.157 e. The Hall–Kier alpha value is -1.99. The van der Waals surface area contributed by atoms with Crippen LogP contribution in [0.4, 0.5) is 0 Å². The van der Waals surface area contributed by atoms with Gasteiger partial charge in [0.2, 0.25) is 0 Å². The molecule has 0 amide bonds. The van der Waals surface area contributed by atoms with Crippen molar-refractivity contribution in [2.24, 2.45) is 0 Å². The van der Waals surface area contributed by atoms with Crippen LogP contribution in [-0.4, -0.2) is 28.9 Å². The minimum absolute atomic E-state index is 0.0323. The topological polar surface area (TPSA) is 64.8 Å². The molecule has 5 nitrogen and oxygen atoms in total. The second kappa shape index (κ2) is 6.64. The molecule has 0 aliphatic carbocycles. The monoisotopic (exact) mass is 347 g/mol. The maximum absolute atomic E-state index is 12.3. The molecule has 0 spiro atoms. The van der Waals surface area contributed by atoms with Crippen molar-refractivity contribution >= 4 is 21.2 Å². The molecule has 0 aliphatic rings. The number of thiazole rings is 1. The summed E-state index contributed by atoms with van der Waals surface area (Å²) in [5.74, 6) is 0.108. The molecule has 3 aromatic rings. The lowest BCUT2D eigenvalue weighted by atomic mass is 10.2. The van der Waals surface area contributed by atoms with Crippen LogP contribution in [0.15, 0.2) is 48.8 Å². The minimum Gasteiger partial charge on any atom is -0.272 e. The van der Waals surface area contributed by atoms with Crippen LogP contribution >= 0.6 is 11.3 Å². The molecule has 0 atom stereocenters. The van der Waals surface area contributed by atoms with E-state index < -0.39 is 9.84 Å². The average molecular weight is 347 g/mol. The van der Waals surface area contributed by atoms with Crippen molar-refractivity contribution in [1.29, 1.82) is 0 Å². The highest BCUT2D eigenvalue weighted by Crippen LogP contribution is 2.29. The molecular weight excluding hydrogens is 330 g/mol. The third-order valence-corrected chi connectivity index (χ3v) is 6.38. The van der Waals surface area contributed by atoms with E-state index in [1.807, 2.05) is 37.3 Å². The molecular formula is C16H17N3O2S2. The molecule has 7 heteroatoms. The normalized spacial score (nSPS) is 11.7. The second-order valence-corrected chi connectivity index (χ2v) is 8.52. The first kappa shape index (κ1) is 15.9. The highest BCUT2D eigenvalue weighted by Gasteiger charge is 2.18. The van der Waals surface area contributed by atoms with Crippen molar-refractivity contribution in [3.8, 4) is 10.6 Å². The Morgan fingerprint density at radius 3 is 2.65 bits per heavy atom. The summed E-state index contributed by atoms with van der Waals surface area (Å²) in [4.78, 5) is 5.32. The van der Waals surface area contributed by atoms with Crippen LogP contribution in [0, 0.1) is 6.92 Å². The van der Waals surface area contributed by atoms with Crippen molar-refractivity contribution in [3.05, 3.63) is 59.4 Å². The molecule has 23 heavy (non-hydrogen) atoms. The Bertz CT molecular complexity index is 869. The largest absolute Gasteiger partial charge is 0.272 e. The number of benzene rings is 1. The van der Waals surface area contributed by atoms with Crippen LogP contribution < -0.4 is 0 Å². The van der Waals surface area contributed by atoms with Gasteiger partial charge in [-0.25, -0.2) is 13.4 Å². The van der Waals surface area contributed by atoms with E-state index in [0.29, 0.717) is 6.54 Å². The van der Waals surface area contributed by atoms with Crippen molar-refractivity contribution in [2.45, 2.75) is 19.2 Å². The van der Waals surface area contributed by atoms with Crippen molar-refractivity contribution in [1.82, 2.24) is 14.8 Å². The van der Waals surface area contributed by atoms with E-state index >= 15 is 0 Å². The Morgan fingerprint density at radius 1 is 1.17 bits per heavy atom. The van der Waals surface area contributed by atoms with Gasteiger partial charge in [-0.15, -0.1) is 11.3 Å². The van der Waals surface area contributed by atoms with Gasteiger partial charge < -0.3 is 0 Å². The van der Waals surface area contributed by atoms with E-state index in [1.165, 1.54) is 11.3 Å². The molecule has 0 aliphatic heterocycles. The van der Waals surface area contributed by atoms with E-state index in [-0.39, 0.29) is 11.5 Å². The molecule has 0 bridgehead atoms. The van der Waals surface area contributed by atoms with Gasteiger partial charge >= 0.3 is 0 Å². The smallest absolute Gasteiger partial charge is 0.157 e. The Balaban J connectivity index is 1.73. The molecule has 3 rings (SSSR count). The zero-order chi connectivity index (χ0) is 16.3. The summed E-state index contributed by atoms with van der Waals surface area (Å²) in [6.07, 6.45) is 3.41. The Morgan fingerprint density at radius 2 is 1.96 bits per heavy atom. The molecule has 0 saturated heterocycles. The number of nitrogens with zero attached hydrogens (tertiary/aromatic N) is 3. The lowest BCUT2D eigenvalue weighted by Crippen LogP contribution is -2.15. The fourth-order valence-electron chi connectivity index (χ4n) is 2.20. The summed E-state index contributed by atoms with van der Waals surface area (Å²) in [5.41, 5.74) is 1.80. The molecule has 0 saturated carbocycles. The first-order chi connectivity index (χ1) is 11.0. The van der Waals surface area contributed by atoms with Crippen LogP contribution in [0.5, 0.6) is 0 Å². The van der Waals surface area contributed by atoms with E-state index in [0.717, 1.165) is 21.1 Å². The fourth-order valence-corrected chi connectivity index (χ4v) is 5.06. The van der Waals surface area contributed by atoms with Gasteiger partial charge in [0.05, 0.1) is 23.7 Å². The van der Waals surface area contributed by atoms with Crippen LogP contribution in [0.25, 0.3) is 10.6 Å². The number of hydrogen-bond acceptors (Lipinski definition) is 5. The van der Waals surface area contributed by atoms with E-state index in [4.69, 9.17) is 0 Å². The summed E-state index contributed by atoms with van der Waals surface area (Å²) < 4.78 is 26.3. The SMILES string of the molecule is Cc1nc(-c2ccccc2)sc1CS(=O)(=O)CCn1cccn1. The highest BCUT2D eigenvalue weighted by atomic mass is 32.2. The number of aromatic nitrogens is 3. The Kier molecular flexibility index (Phi) is 4.58. The van der Waals surface area contributed by atoms with Gasteiger partial charge in [-0.05, 0) is 13.0 Å². The van der Waals surface area contributed by atoms with Crippen LogP contribution in [0.3, 0.4) is 0 Å². The number of aryl methyl sites for hydroxylation is 2. The second-order valence-electron chi connectivity index (χ2n) is 5.25. The molecule has 120 valence electrons. The van der Waals surface area contributed by atoms with Crippen LogP contribution in [0.1, 0.15) is 10.6 Å². The predicted molar refractivity (Wildman–Crippen MR) is 92.0 cm³/mol. The van der Waals surface area contributed by atoms with Gasteiger partial charge in [-0.2, -0.15) is 5.10 Å². The van der Waals surface area contributed by atoms with Gasteiger partial charge in [0, 0.05) is 22.8 Å². The van der Waals surface area contributed by atoms with Crippen molar-refractivity contribution < 1.29 is 8.42 Å². The van der Waals surface area contributed by atoms with Crippen LogP contribution in [-0.2, 0) is 22.1 Å². The Labute approximate surface area is 139 Å². The fraction of sp³-hybridized carbons (Fsp3) is 0.250. The molecule has 0 N–H and O–H groups in total. The molecule has 0 unspecified atom stereocenters. The minimum atomic E-state index is -3.19. The molecule has 1 aromatic carbocycles. The lowest BCUT2D eigenvalue weighted by Gasteiger charge is -2.03. The highest BCUT2D eigenvalue weighted by molar-refractivity contribution is 7.90. The first-order valence-corrected chi connectivity index (χ1v) is 9.87. The molecule has 0 fully saturated rings. The van der Waals surface area contributed by atoms with Crippen molar-refractivity contribution in [2.75, 3.05) is 5.75 Å². The predicted octanol–water partition coefficient (Wildman–Crippen LogP) is 2.93. The van der Waals surface area contributed by atoms with E-state index in [2.05, 4.69) is 10.1 Å². The van der Waals surface area contributed by atoms with E-state index in [9.17, 15) is 8.42 Å². The standard InChI is InChI=1S/C16H17N3O2S2/c1-13-15(22-16(18-13)14-6-3-2-4-7-14)12-23(20,21)11-10-19-9-5-8-17-19/h2-9H,10-12H2,1H3. The summed E-state index contributed by atoms with van der Waals surface area (Å²) in [7, 11) is -3.19. The zero-order valence-electron chi connectivity index (χ0n) is 12.7. The number of sulfone groups is 1. The number of hydrogen-bond donors (Lipinski definition) is 0. The lowest BCUT2D eigenvalue weighted by molar-refractivity contribution is 0.580. The average Bonchev–Trinajstić information content (AvgIpc) is 3.17. The van der Waals surface area contributed by atoms with Gasteiger partial charge in [0.25, 0.3) is 0 Å². The summed E-state index contributed by atoms with van der Waals surface area (Å²) in [5, 5.41) is 4.89. The van der Waals surface area contributed by atoms with Gasteiger partial charge in [-0.3, -0.25) is 4.68 Å². The molecule has 2 heterocycles. The molecule has 0 radical (unpaired) electrons.